The lowest BCUT2D eigenvalue weighted by Gasteiger charge is -2.08. The lowest BCUT2D eigenvalue weighted by atomic mass is 10.2. The summed E-state index contributed by atoms with van der Waals surface area (Å²) in [6, 6.07) is 5.08. The molecule has 0 spiro atoms. The van der Waals surface area contributed by atoms with Crippen LogP contribution in [-0.2, 0) is 11.3 Å². The number of carbonyl (C=O) groups is 1. The first-order valence-corrected chi connectivity index (χ1v) is 8.88. The van der Waals surface area contributed by atoms with E-state index in [4.69, 9.17) is 19.9 Å². The highest BCUT2D eigenvalue weighted by atomic mass is 32.1. The van der Waals surface area contributed by atoms with Crippen LogP contribution < -0.4 is 20.5 Å². The first-order chi connectivity index (χ1) is 13.0. The molecule has 2 heterocycles. The van der Waals surface area contributed by atoms with Gasteiger partial charge in [-0.2, -0.15) is 4.98 Å². The summed E-state index contributed by atoms with van der Waals surface area (Å²) in [7, 11) is 4.64. The first kappa shape index (κ1) is 18.9. The summed E-state index contributed by atoms with van der Waals surface area (Å²) in [4.78, 5) is 22.8. The maximum atomic E-state index is 12.8. The van der Waals surface area contributed by atoms with Crippen LogP contribution in [0.4, 0.5) is 11.4 Å². The van der Waals surface area contributed by atoms with Crippen LogP contribution in [0, 0.1) is 6.92 Å². The van der Waals surface area contributed by atoms with Crippen molar-refractivity contribution >= 4 is 38.8 Å². The molecular weight excluding hydrogens is 368 g/mol. The summed E-state index contributed by atoms with van der Waals surface area (Å²) < 4.78 is 15.6. The summed E-state index contributed by atoms with van der Waals surface area (Å²) in [5, 5.41) is 3.58. The molecule has 1 aromatic carbocycles. The second-order valence-electron chi connectivity index (χ2n) is 5.73. The molecule has 9 heteroatoms. The summed E-state index contributed by atoms with van der Waals surface area (Å²) >= 11 is 1.28. The molecule has 3 rings (SSSR count). The molecular formula is C18H20N4O4S. The van der Waals surface area contributed by atoms with Gasteiger partial charge in [0.05, 0.1) is 30.2 Å². The highest BCUT2D eigenvalue weighted by molar-refractivity contribution is 7.20. The molecule has 0 saturated carbocycles. The number of hydrogen-bond acceptors (Lipinski definition) is 8. The Morgan fingerprint density at radius 3 is 2.63 bits per heavy atom. The van der Waals surface area contributed by atoms with Gasteiger partial charge in [0.2, 0.25) is 5.88 Å². The number of amides is 1. The maximum absolute atomic E-state index is 12.8. The predicted molar refractivity (Wildman–Crippen MR) is 105 cm³/mol. The lowest BCUT2D eigenvalue weighted by Crippen LogP contribution is -2.11. The number of nitrogens with two attached hydrogens (primary N) is 1. The molecule has 0 radical (unpaired) electrons. The molecule has 0 fully saturated rings. The number of ether oxygens (including phenoxy) is 3. The molecule has 3 N–H and O–H groups in total. The number of fused-ring (bicyclic) bond motifs is 1. The van der Waals surface area contributed by atoms with Gasteiger partial charge in [0.1, 0.15) is 17.2 Å². The standard InChI is InChI=1S/C18H20N4O4S/c1-9-14-17(26-4)21-13(8-24-2)22-18(14)27-15(9)16(23)20-10-5-6-12(25-3)11(19)7-10/h5-7H,8,19H2,1-4H3,(H,20,23). The Balaban J connectivity index is 1.97. The minimum Gasteiger partial charge on any atom is -0.495 e. The third kappa shape index (κ3) is 3.64. The second-order valence-corrected chi connectivity index (χ2v) is 6.73. The van der Waals surface area contributed by atoms with Crippen molar-refractivity contribution in [3.05, 3.63) is 34.5 Å². The van der Waals surface area contributed by atoms with Gasteiger partial charge in [-0.1, -0.05) is 0 Å². The van der Waals surface area contributed by atoms with Crippen LogP contribution in [0.1, 0.15) is 21.1 Å². The van der Waals surface area contributed by atoms with Gasteiger partial charge in [0, 0.05) is 12.8 Å². The lowest BCUT2D eigenvalue weighted by molar-refractivity contribution is 0.103. The fourth-order valence-corrected chi connectivity index (χ4v) is 3.79. The molecule has 8 nitrogen and oxygen atoms in total. The molecule has 142 valence electrons. The fraction of sp³-hybridized carbons (Fsp3) is 0.278. The van der Waals surface area contributed by atoms with Gasteiger partial charge < -0.3 is 25.3 Å². The van der Waals surface area contributed by atoms with E-state index in [9.17, 15) is 4.79 Å². The van der Waals surface area contributed by atoms with E-state index >= 15 is 0 Å². The fourth-order valence-electron chi connectivity index (χ4n) is 2.70. The van der Waals surface area contributed by atoms with Crippen molar-refractivity contribution in [2.24, 2.45) is 0 Å². The average Bonchev–Trinajstić information content (AvgIpc) is 2.98. The normalized spacial score (nSPS) is 10.8. The smallest absolute Gasteiger partial charge is 0.266 e. The Kier molecular flexibility index (Phi) is 5.43. The van der Waals surface area contributed by atoms with Gasteiger partial charge in [-0.3, -0.25) is 4.79 Å². The Hall–Kier alpha value is -2.91. The molecule has 0 atom stereocenters. The second kappa shape index (κ2) is 7.77. The number of benzene rings is 1. The van der Waals surface area contributed by atoms with E-state index in [2.05, 4.69) is 15.3 Å². The van der Waals surface area contributed by atoms with Crippen molar-refractivity contribution in [3.63, 3.8) is 0 Å². The largest absolute Gasteiger partial charge is 0.495 e. The van der Waals surface area contributed by atoms with E-state index in [0.29, 0.717) is 38.5 Å². The van der Waals surface area contributed by atoms with Crippen LogP contribution in [0.2, 0.25) is 0 Å². The summed E-state index contributed by atoms with van der Waals surface area (Å²) in [6.07, 6.45) is 0. The Bertz CT molecular complexity index is 1000. The topological polar surface area (TPSA) is 109 Å². The summed E-state index contributed by atoms with van der Waals surface area (Å²) in [6.45, 7) is 2.11. The van der Waals surface area contributed by atoms with E-state index in [1.807, 2.05) is 6.92 Å². The Labute approximate surface area is 160 Å². The quantitative estimate of drug-likeness (QED) is 0.625. The average molecular weight is 388 g/mol. The Morgan fingerprint density at radius 1 is 1.22 bits per heavy atom. The maximum Gasteiger partial charge on any atom is 0.266 e. The number of hydrogen-bond donors (Lipinski definition) is 2. The molecule has 27 heavy (non-hydrogen) atoms. The summed E-state index contributed by atoms with van der Waals surface area (Å²) in [5.41, 5.74) is 7.68. The number of thiophene rings is 1. The summed E-state index contributed by atoms with van der Waals surface area (Å²) in [5.74, 6) is 1.22. The van der Waals surface area contributed by atoms with Gasteiger partial charge in [-0.15, -0.1) is 11.3 Å². The molecule has 0 bridgehead atoms. The highest BCUT2D eigenvalue weighted by Crippen LogP contribution is 2.35. The number of nitrogens with zero attached hydrogens (tertiary/aromatic N) is 2. The number of carbonyl (C=O) groups excluding carboxylic acids is 1. The molecule has 3 aromatic rings. The van der Waals surface area contributed by atoms with Crippen molar-refractivity contribution in [1.29, 1.82) is 0 Å². The van der Waals surface area contributed by atoms with Gasteiger partial charge in [0.15, 0.2) is 5.82 Å². The third-order valence-electron chi connectivity index (χ3n) is 3.96. The van der Waals surface area contributed by atoms with E-state index in [0.717, 1.165) is 10.9 Å². The zero-order chi connectivity index (χ0) is 19.6. The first-order valence-electron chi connectivity index (χ1n) is 8.06. The number of anilines is 2. The number of aryl methyl sites for hydroxylation is 1. The molecule has 0 unspecified atom stereocenters. The van der Waals surface area contributed by atoms with Gasteiger partial charge in [-0.05, 0) is 30.7 Å². The number of aromatic nitrogens is 2. The van der Waals surface area contributed by atoms with Crippen LogP contribution in [0.15, 0.2) is 18.2 Å². The van der Waals surface area contributed by atoms with Crippen molar-refractivity contribution in [1.82, 2.24) is 9.97 Å². The van der Waals surface area contributed by atoms with E-state index in [1.54, 1.807) is 25.3 Å². The monoisotopic (exact) mass is 388 g/mol. The third-order valence-corrected chi connectivity index (χ3v) is 5.15. The van der Waals surface area contributed by atoms with E-state index in [1.165, 1.54) is 25.6 Å². The van der Waals surface area contributed by atoms with Crippen LogP contribution in [0.5, 0.6) is 11.6 Å². The number of methoxy groups -OCH3 is 3. The van der Waals surface area contributed by atoms with Gasteiger partial charge in [0.25, 0.3) is 5.91 Å². The minimum atomic E-state index is -0.254. The van der Waals surface area contributed by atoms with Crippen molar-refractivity contribution in [3.8, 4) is 11.6 Å². The van der Waals surface area contributed by atoms with Crippen LogP contribution in [0.3, 0.4) is 0 Å². The van der Waals surface area contributed by atoms with Gasteiger partial charge in [-0.25, -0.2) is 4.98 Å². The number of nitrogen functional groups attached to an aromatic ring is 1. The Morgan fingerprint density at radius 2 is 2.00 bits per heavy atom. The van der Waals surface area contributed by atoms with Crippen LogP contribution >= 0.6 is 11.3 Å². The highest BCUT2D eigenvalue weighted by Gasteiger charge is 2.21. The van der Waals surface area contributed by atoms with Gasteiger partial charge >= 0.3 is 0 Å². The van der Waals surface area contributed by atoms with Crippen LogP contribution in [0.25, 0.3) is 10.2 Å². The minimum absolute atomic E-state index is 0.254. The van der Waals surface area contributed by atoms with E-state index < -0.39 is 0 Å². The molecule has 0 saturated heterocycles. The zero-order valence-electron chi connectivity index (χ0n) is 15.5. The molecule has 0 aliphatic carbocycles. The molecule has 1 amide bonds. The SMILES string of the molecule is COCc1nc(OC)c2c(C)c(C(=O)Nc3ccc(OC)c(N)c3)sc2n1. The van der Waals surface area contributed by atoms with Crippen molar-refractivity contribution in [2.45, 2.75) is 13.5 Å². The number of nitrogens with one attached hydrogen (secondary N) is 1. The number of rotatable bonds is 6. The zero-order valence-corrected chi connectivity index (χ0v) is 16.3. The molecule has 0 aliphatic rings. The van der Waals surface area contributed by atoms with Crippen molar-refractivity contribution in [2.75, 3.05) is 32.4 Å². The van der Waals surface area contributed by atoms with E-state index in [-0.39, 0.29) is 12.5 Å². The molecule has 0 aliphatic heterocycles. The van der Waals surface area contributed by atoms with Crippen LogP contribution in [-0.4, -0.2) is 37.2 Å². The van der Waals surface area contributed by atoms with Crippen molar-refractivity contribution < 1.29 is 19.0 Å². The predicted octanol–water partition coefficient (Wildman–Crippen LogP) is 3.00. The molecule has 2 aromatic heterocycles.